The van der Waals surface area contributed by atoms with Gasteiger partial charge in [0.2, 0.25) is 0 Å². The number of allylic oxidation sites excluding steroid dienone is 1. The van der Waals surface area contributed by atoms with Crippen molar-refractivity contribution < 1.29 is 5.11 Å². The van der Waals surface area contributed by atoms with Gasteiger partial charge in [-0.2, -0.15) is 0 Å². The zero-order valence-corrected chi connectivity index (χ0v) is 13.3. The third-order valence-corrected chi connectivity index (χ3v) is 2.76. The number of β-amino-alcohol motifs (C(OH)–C–C–N with tert-alkyl or cyclic N) is 1. The van der Waals surface area contributed by atoms with Crippen molar-refractivity contribution in [2.45, 2.75) is 59.6 Å². The number of rotatable bonds is 6. The van der Waals surface area contributed by atoms with Gasteiger partial charge in [0.1, 0.15) is 0 Å². The maximum atomic E-state index is 9.86. The largest absolute Gasteiger partial charge is 0.400 e. The van der Waals surface area contributed by atoms with Crippen molar-refractivity contribution >= 4 is 0 Å². The predicted molar refractivity (Wildman–Crippen MR) is 81.0 cm³/mol. The third kappa shape index (κ3) is 9.76. The maximum absolute atomic E-state index is 9.86. The van der Waals surface area contributed by atoms with E-state index in [1.54, 1.807) is 11.2 Å². The van der Waals surface area contributed by atoms with Crippen molar-refractivity contribution in [1.29, 1.82) is 0 Å². The Morgan fingerprint density at radius 3 is 2.21 bits per heavy atom. The molecule has 114 valence electrons. The van der Waals surface area contributed by atoms with Crippen molar-refractivity contribution in [2.75, 3.05) is 13.1 Å². The van der Waals surface area contributed by atoms with Gasteiger partial charge in [-0.25, -0.2) is 5.84 Å². The molecule has 5 nitrogen and oxygen atoms in total. The molecule has 0 spiro atoms. The van der Waals surface area contributed by atoms with Crippen LogP contribution < -0.4 is 16.9 Å². The molecule has 1 unspecified atom stereocenters. The number of nitrogens with zero attached hydrogens (tertiary/aromatic N) is 1. The van der Waals surface area contributed by atoms with E-state index in [9.17, 15) is 5.11 Å². The molecule has 6 N–H and O–H groups in total. The van der Waals surface area contributed by atoms with Crippen LogP contribution in [0.1, 0.15) is 48.0 Å². The predicted octanol–water partition coefficient (Wildman–Crippen LogP) is 1.15. The van der Waals surface area contributed by atoms with Gasteiger partial charge in [-0.1, -0.05) is 20.8 Å². The molecule has 0 fully saturated rings. The highest BCUT2D eigenvalue weighted by Crippen LogP contribution is 2.20. The molecule has 5 heteroatoms. The molecule has 0 aromatic carbocycles. The summed E-state index contributed by atoms with van der Waals surface area (Å²) in [6, 6.07) is 0. The Balaban J connectivity index is 4.07. The van der Waals surface area contributed by atoms with E-state index in [4.69, 9.17) is 11.6 Å². The number of nitrogens with one attached hydrogen (secondary N) is 1. The van der Waals surface area contributed by atoms with Crippen LogP contribution >= 0.6 is 0 Å². The number of hydrogen-bond donors (Lipinski definition) is 4. The van der Waals surface area contributed by atoms with Gasteiger partial charge in [0.05, 0.1) is 6.10 Å². The summed E-state index contributed by atoms with van der Waals surface area (Å²) in [5, 5.41) is 14.7. The number of hydrazine groups is 1. The molecule has 0 bridgehead atoms. The van der Waals surface area contributed by atoms with Gasteiger partial charge < -0.3 is 21.2 Å². The number of aliphatic hydroxyl groups is 1. The molecule has 0 saturated heterocycles. The topological polar surface area (TPSA) is 87.5 Å². The van der Waals surface area contributed by atoms with Crippen LogP contribution in [0.15, 0.2) is 11.9 Å². The Morgan fingerprint density at radius 1 is 1.26 bits per heavy atom. The SMILES string of the molecule is CC(C)(C)NCC(O)CCN(N)/C=C(\N)C(C)(C)C. The summed E-state index contributed by atoms with van der Waals surface area (Å²) < 4.78 is 0. The monoisotopic (exact) mass is 272 g/mol. The number of nitrogens with two attached hydrogens (primary N) is 2. The average Bonchev–Trinajstić information content (AvgIpc) is 2.21. The molecule has 0 aromatic heterocycles. The summed E-state index contributed by atoms with van der Waals surface area (Å²) in [4.78, 5) is 0. The summed E-state index contributed by atoms with van der Waals surface area (Å²) in [5.74, 6) is 5.85. The van der Waals surface area contributed by atoms with Crippen molar-refractivity contribution in [3.8, 4) is 0 Å². The molecule has 0 aromatic rings. The summed E-state index contributed by atoms with van der Waals surface area (Å²) in [6.07, 6.45) is 1.94. The lowest BCUT2D eigenvalue weighted by Gasteiger charge is -2.25. The van der Waals surface area contributed by atoms with Gasteiger partial charge in [-0.15, -0.1) is 0 Å². The van der Waals surface area contributed by atoms with Crippen LogP contribution in [0.5, 0.6) is 0 Å². The Morgan fingerprint density at radius 2 is 1.79 bits per heavy atom. The third-order valence-electron chi connectivity index (χ3n) is 2.76. The normalized spacial score (nSPS) is 15.5. The minimum absolute atomic E-state index is 0.0138. The zero-order chi connectivity index (χ0) is 15.3. The lowest BCUT2D eigenvalue weighted by Crippen LogP contribution is -2.42. The zero-order valence-electron chi connectivity index (χ0n) is 13.3. The first-order valence-corrected chi connectivity index (χ1v) is 6.84. The Labute approximate surface area is 118 Å². The van der Waals surface area contributed by atoms with E-state index in [2.05, 4.69) is 26.1 Å². The minimum Gasteiger partial charge on any atom is -0.400 e. The highest BCUT2D eigenvalue weighted by Gasteiger charge is 2.15. The molecule has 0 heterocycles. The second kappa shape index (κ2) is 7.12. The highest BCUT2D eigenvalue weighted by atomic mass is 16.3. The van der Waals surface area contributed by atoms with Crippen LogP contribution in [0.4, 0.5) is 0 Å². The first-order valence-electron chi connectivity index (χ1n) is 6.84. The lowest BCUT2D eigenvalue weighted by molar-refractivity contribution is 0.139. The van der Waals surface area contributed by atoms with E-state index in [1.165, 1.54) is 0 Å². The first kappa shape index (κ1) is 18.2. The van der Waals surface area contributed by atoms with E-state index in [1.807, 2.05) is 20.8 Å². The van der Waals surface area contributed by atoms with Crippen LogP contribution in [0.3, 0.4) is 0 Å². The summed E-state index contributed by atoms with van der Waals surface area (Å²) in [6.45, 7) is 13.5. The van der Waals surface area contributed by atoms with Crippen molar-refractivity contribution in [3.63, 3.8) is 0 Å². The van der Waals surface area contributed by atoms with Crippen molar-refractivity contribution in [2.24, 2.45) is 17.0 Å². The molecule has 0 aliphatic carbocycles. The van der Waals surface area contributed by atoms with Gasteiger partial charge in [0.25, 0.3) is 0 Å². The Bertz CT molecular complexity index is 289. The van der Waals surface area contributed by atoms with Gasteiger partial charge in [-0.3, -0.25) is 0 Å². The second-order valence-electron chi connectivity index (χ2n) is 7.15. The molecule has 0 saturated carbocycles. The van der Waals surface area contributed by atoms with E-state index in [0.29, 0.717) is 19.5 Å². The van der Waals surface area contributed by atoms with Gasteiger partial charge in [-0.05, 0) is 27.2 Å². The van der Waals surface area contributed by atoms with Gasteiger partial charge >= 0.3 is 0 Å². The Hall–Kier alpha value is -0.780. The van der Waals surface area contributed by atoms with Gasteiger partial charge in [0, 0.05) is 35.9 Å². The molecule has 19 heavy (non-hydrogen) atoms. The molecule has 0 radical (unpaired) electrons. The molecular formula is C14H32N4O. The smallest absolute Gasteiger partial charge is 0.0682 e. The van der Waals surface area contributed by atoms with E-state index < -0.39 is 6.10 Å². The Kier molecular flexibility index (Phi) is 6.83. The van der Waals surface area contributed by atoms with E-state index >= 15 is 0 Å². The van der Waals surface area contributed by atoms with Crippen molar-refractivity contribution in [3.05, 3.63) is 11.9 Å². The van der Waals surface area contributed by atoms with Crippen LogP contribution in [0.2, 0.25) is 0 Å². The summed E-state index contributed by atoms with van der Waals surface area (Å²) in [5.41, 5.74) is 6.59. The van der Waals surface area contributed by atoms with Crippen LogP contribution in [-0.2, 0) is 0 Å². The average molecular weight is 272 g/mol. The van der Waals surface area contributed by atoms with Crippen molar-refractivity contribution in [1.82, 2.24) is 10.3 Å². The highest BCUT2D eigenvalue weighted by molar-refractivity contribution is 5.04. The fourth-order valence-electron chi connectivity index (χ4n) is 1.26. The maximum Gasteiger partial charge on any atom is 0.0682 e. The van der Waals surface area contributed by atoms with E-state index in [-0.39, 0.29) is 11.0 Å². The van der Waals surface area contributed by atoms with E-state index in [0.717, 1.165) is 5.70 Å². The number of aliphatic hydroxyl groups excluding tert-OH is 1. The van der Waals surface area contributed by atoms with Gasteiger partial charge in [0.15, 0.2) is 0 Å². The van der Waals surface area contributed by atoms with Crippen LogP contribution in [0.25, 0.3) is 0 Å². The molecule has 0 rings (SSSR count). The summed E-state index contributed by atoms with van der Waals surface area (Å²) >= 11 is 0. The first-order chi connectivity index (χ1) is 8.42. The quantitative estimate of drug-likeness (QED) is 0.430. The fourth-order valence-corrected chi connectivity index (χ4v) is 1.26. The minimum atomic E-state index is -0.408. The molecule has 0 aliphatic rings. The summed E-state index contributed by atoms with van der Waals surface area (Å²) in [7, 11) is 0. The molecule has 0 aliphatic heterocycles. The standard InChI is InChI=1S/C14H32N4O/c1-13(2,3)12(15)10-18(16)8-7-11(19)9-17-14(4,5)6/h10-11,17,19H,7-9,15-16H2,1-6H3/b12-10-. The fraction of sp³-hybridized carbons (Fsp3) is 0.857. The second-order valence-corrected chi connectivity index (χ2v) is 7.15. The lowest BCUT2D eigenvalue weighted by atomic mass is 9.93. The molecule has 0 amide bonds. The van der Waals surface area contributed by atoms with Crippen LogP contribution in [0, 0.1) is 5.41 Å². The number of hydrogen-bond acceptors (Lipinski definition) is 5. The molecular weight excluding hydrogens is 240 g/mol. The molecule has 1 atom stereocenters. The van der Waals surface area contributed by atoms with Crippen LogP contribution in [-0.4, -0.2) is 34.8 Å².